The van der Waals surface area contributed by atoms with Crippen molar-refractivity contribution in [3.63, 3.8) is 0 Å². The Hall–Kier alpha value is -1.66. The molecule has 1 aromatic carbocycles. The van der Waals surface area contributed by atoms with Gasteiger partial charge in [0.05, 0.1) is 18.9 Å². The fourth-order valence-corrected chi connectivity index (χ4v) is 3.30. The summed E-state index contributed by atoms with van der Waals surface area (Å²) in [6, 6.07) is 4.64. The van der Waals surface area contributed by atoms with Crippen molar-refractivity contribution in [3.05, 3.63) is 29.6 Å². The van der Waals surface area contributed by atoms with Gasteiger partial charge in [-0.15, -0.1) is 0 Å². The maximum atomic E-state index is 14.4. The maximum Gasteiger partial charge on any atom is 0.251 e. The van der Waals surface area contributed by atoms with Crippen LogP contribution in [-0.2, 0) is 4.74 Å². The minimum atomic E-state index is -0.368. The van der Waals surface area contributed by atoms with Gasteiger partial charge in [-0.1, -0.05) is 12.8 Å². The Morgan fingerprint density at radius 2 is 2.00 bits per heavy atom. The van der Waals surface area contributed by atoms with E-state index < -0.39 is 0 Å². The number of hydrogen-bond donors (Lipinski definition) is 2. The van der Waals surface area contributed by atoms with E-state index in [0.717, 1.165) is 25.7 Å². The van der Waals surface area contributed by atoms with Gasteiger partial charge in [-0.25, -0.2) is 4.39 Å². The lowest BCUT2D eigenvalue weighted by molar-refractivity contribution is 0.0920. The number of carbonyl (C=O) groups excluding carboxylic acids is 1. The molecule has 0 bridgehead atoms. The lowest BCUT2D eigenvalue weighted by Crippen LogP contribution is -2.49. The number of rotatable bonds is 3. The van der Waals surface area contributed by atoms with Gasteiger partial charge in [0.15, 0.2) is 0 Å². The molecule has 5 nitrogen and oxygen atoms in total. The SMILES string of the molecule is N[C@@H]1CCCC[C@H]1NC(=O)c1ccc(N2CCOCC2)c(F)c1. The van der Waals surface area contributed by atoms with Crippen LogP contribution in [0.5, 0.6) is 0 Å². The number of anilines is 1. The highest BCUT2D eigenvalue weighted by Crippen LogP contribution is 2.22. The summed E-state index contributed by atoms with van der Waals surface area (Å²) < 4.78 is 19.6. The van der Waals surface area contributed by atoms with Crippen LogP contribution in [0.4, 0.5) is 10.1 Å². The van der Waals surface area contributed by atoms with E-state index in [2.05, 4.69) is 5.32 Å². The first-order valence-electron chi connectivity index (χ1n) is 8.34. The first kappa shape index (κ1) is 16.2. The number of amides is 1. The first-order valence-corrected chi connectivity index (χ1v) is 8.34. The molecule has 3 rings (SSSR count). The summed E-state index contributed by atoms with van der Waals surface area (Å²) in [5.74, 6) is -0.618. The summed E-state index contributed by atoms with van der Waals surface area (Å²) in [6.07, 6.45) is 4.00. The Morgan fingerprint density at radius 3 is 2.70 bits per heavy atom. The largest absolute Gasteiger partial charge is 0.378 e. The van der Waals surface area contributed by atoms with Crippen LogP contribution in [0, 0.1) is 5.82 Å². The molecule has 23 heavy (non-hydrogen) atoms. The van der Waals surface area contributed by atoms with Crippen molar-refractivity contribution in [2.24, 2.45) is 5.73 Å². The molecule has 0 aromatic heterocycles. The summed E-state index contributed by atoms with van der Waals surface area (Å²) in [4.78, 5) is 14.3. The van der Waals surface area contributed by atoms with Gasteiger partial charge in [0.25, 0.3) is 5.91 Å². The van der Waals surface area contributed by atoms with Crippen LogP contribution in [0.2, 0.25) is 0 Å². The standard InChI is InChI=1S/C17H24FN3O2/c18-13-11-12(5-6-16(13)21-7-9-23-10-8-21)17(22)20-15-4-2-1-3-14(15)19/h5-6,11,14-15H,1-4,7-10,19H2,(H,20,22)/t14-,15-/m1/s1. The molecule has 0 unspecified atom stereocenters. The van der Waals surface area contributed by atoms with E-state index in [1.165, 1.54) is 6.07 Å². The highest BCUT2D eigenvalue weighted by atomic mass is 19.1. The molecule has 1 aliphatic carbocycles. The molecular weight excluding hydrogens is 297 g/mol. The van der Waals surface area contributed by atoms with Gasteiger partial charge in [0, 0.05) is 30.7 Å². The molecule has 2 aliphatic rings. The zero-order valence-corrected chi connectivity index (χ0v) is 13.3. The number of benzene rings is 1. The van der Waals surface area contributed by atoms with E-state index in [0.29, 0.717) is 37.6 Å². The summed E-state index contributed by atoms with van der Waals surface area (Å²) in [7, 11) is 0. The molecule has 0 spiro atoms. The normalized spacial score (nSPS) is 25.2. The summed E-state index contributed by atoms with van der Waals surface area (Å²) in [5, 5.41) is 2.95. The van der Waals surface area contributed by atoms with Crippen LogP contribution in [-0.4, -0.2) is 44.3 Å². The number of ether oxygens (including phenoxy) is 1. The quantitative estimate of drug-likeness (QED) is 0.888. The Kier molecular flexibility index (Phi) is 5.13. The third-order valence-electron chi connectivity index (χ3n) is 4.70. The fourth-order valence-electron chi connectivity index (χ4n) is 3.30. The second-order valence-electron chi connectivity index (χ2n) is 6.29. The number of hydrogen-bond acceptors (Lipinski definition) is 4. The zero-order chi connectivity index (χ0) is 16.2. The number of morpholine rings is 1. The van der Waals surface area contributed by atoms with Crippen LogP contribution in [0.25, 0.3) is 0 Å². The smallest absolute Gasteiger partial charge is 0.251 e. The molecule has 1 aliphatic heterocycles. The molecule has 2 atom stereocenters. The number of carbonyl (C=O) groups is 1. The predicted molar refractivity (Wildman–Crippen MR) is 87.1 cm³/mol. The van der Waals surface area contributed by atoms with Gasteiger partial charge in [-0.05, 0) is 31.0 Å². The minimum Gasteiger partial charge on any atom is -0.378 e. The average Bonchev–Trinajstić information content (AvgIpc) is 2.57. The number of nitrogens with zero attached hydrogens (tertiary/aromatic N) is 1. The van der Waals surface area contributed by atoms with Gasteiger partial charge in [0.2, 0.25) is 0 Å². The van der Waals surface area contributed by atoms with Crippen molar-refractivity contribution in [2.75, 3.05) is 31.2 Å². The van der Waals surface area contributed by atoms with E-state index in [-0.39, 0.29) is 23.8 Å². The number of halogens is 1. The molecular formula is C17H24FN3O2. The lowest BCUT2D eigenvalue weighted by Gasteiger charge is -2.30. The highest BCUT2D eigenvalue weighted by Gasteiger charge is 2.24. The second kappa shape index (κ2) is 7.27. The van der Waals surface area contributed by atoms with E-state index in [1.54, 1.807) is 12.1 Å². The number of nitrogens with two attached hydrogens (primary N) is 1. The van der Waals surface area contributed by atoms with E-state index in [4.69, 9.17) is 10.5 Å². The third kappa shape index (κ3) is 3.82. The lowest BCUT2D eigenvalue weighted by atomic mass is 9.91. The molecule has 1 amide bonds. The van der Waals surface area contributed by atoms with Crippen molar-refractivity contribution >= 4 is 11.6 Å². The average molecular weight is 321 g/mol. The van der Waals surface area contributed by atoms with Crippen LogP contribution >= 0.6 is 0 Å². The van der Waals surface area contributed by atoms with Crippen LogP contribution in [0.1, 0.15) is 36.0 Å². The van der Waals surface area contributed by atoms with Crippen molar-refractivity contribution in [1.82, 2.24) is 5.32 Å². The van der Waals surface area contributed by atoms with Crippen LogP contribution in [0.3, 0.4) is 0 Å². The van der Waals surface area contributed by atoms with E-state index >= 15 is 0 Å². The van der Waals surface area contributed by atoms with Crippen molar-refractivity contribution in [2.45, 2.75) is 37.8 Å². The Balaban J connectivity index is 1.67. The Bertz CT molecular complexity index is 561. The monoisotopic (exact) mass is 321 g/mol. The molecule has 2 fully saturated rings. The topological polar surface area (TPSA) is 67.6 Å². The number of nitrogens with one attached hydrogen (secondary N) is 1. The summed E-state index contributed by atoms with van der Waals surface area (Å²) in [5.41, 5.74) is 6.92. The molecule has 1 saturated heterocycles. The second-order valence-corrected chi connectivity index (χ2v) is 6.29. The third-order valence-corrected chi connectivity index (χ3v) is 4.70. The summed E-state index contributed by atoms with van der Waals surface area (Å²) >= 11 is 0. The van der Waals surface area contributed by atoms with Gasteiger partial charge < -0.3 is 20.7 Å². The highest BCUT2D eigenvalue weighted by molar-refractivity contribution is 5.94. The predicted octanol–water partition coefficient (Wildman–Crippen LogP) is 1.66. The Morgan fingerprint density at radius 1 is 1.26 bits per heavy atom. The fraction of sp³-hybridized carbons (Fsp3) is 0.588. The molecule has 3 N–H and O–H groups in total. The van der Waals surface area contributed by atoms with Gasteiger partial charge in [-0.3, -0.25) is 4.79 Å². The first-order chi connectivity index (χ1) is 11.1. The minimum absolute atomic E-state index is 0.00910. The van der Waals surface area contributed by atoms with Crippen molar-refractivity contribution in [3.8, 4) is 0 Å². The van der Waals surface area contributed by atoms with Crippen LogP contribution in [0.15, 0.2) is 18.2 Å². The molecule has 1 aromatic rings. The maximum absolute atomic E-state index is 14.4. The van der Waals surface area contributed by atoms with E-state index in [1.807, 2.05) is 4.90 Å². The van der Waals surface area contributed by atoms with E-state index in [9.17, 15) is 9.18 Å². The molecule has 126 valence electrons. The van der Waals surface area contributed by atoms with Gasteiger partial charge in [-0.2, -0.15) is 0 Å². The van der Waals surface area contributed by atoms with Gasteiger partial charge in [0.1, 0.15) is 5.82 Å². The van der Waals surface area contributed by atoms with Gasteiger partial charge >= 0.3 is 0 Å². The molecule has 1 saturated carbocycles. The Labute approximate surface area is 136 Å². The zero-order valence-electron chi connectivity index (χ0n) is 13.3. The van der Waals surface area contributed by atoms with Crippen molar-refractivity contribution < 1.29 is 13.9 Å². The molecule has 0 radical (unpaired) electrons. The summed E-state index contributed by atoms with van der Waals surface area (Å²) in [6.45, 7) is 2.53. The van der Waals surface area contributed by atoms with Crippen LogP contribution < -0.4 is 16.0 Å². The molecule has 6 heteroatoms. The van der Waals surface area contributed by atoms with Crippen molar-refractivity contribution in [1.29, 1.82) is 0 Å². The molecule has 1 heterocycles.